The fraction of sp³-hybridized carbons (Fsp3) is 0.529. The smallest absolute Gasteiger partial charge is 0.253 e. The lowest BCUT2D eigenvalue weighted by atomic mass is 9.85. The summed E-state index contributed by atoms with van der Waals surface area (Å²) in [6.07, 6.45) is 1.99. The van der Waals surface area contributed by atoms with Crippen LogP contribution < -0.4 is 5.32 Å². The molecule has 1 heterocycles. The number of hydrogen-bond acceptors (Lipinski definition) is 3. The maximum absolute atomic E-state index is 12.7. The third-order valence-electron chi connectivity index (χ3n) is 4.03. The monoisotopic (exact) mass is 338 g/mol. The van der Waals surface area contributed by atoms with Gasteiger partial charge < -0.3 is 15.3 Å². The fourth-order valence-electron chi connectivity index (χ4n) is 2.67. The van der Waals surface area contributed by atoms with Gasteiger partial charge in [-0.2, -0.15) is 0 Å². The van der Waals surface area contributed by atoms with E-state index in [1.807, 2.05) is 20.8 Å². The third-order valence-corrected chi connectivity index (χ3v) is 4.43. The fourth-order valence-corrected chi connectivity index (χ4v) is 2.88. The molecule has 2 amide bonds. The van der Waals surface area contributed by atoms with Gasteiger partial charge in [-0.1, -0.05) is 38.4 Å². The van der Waals surface area contributed by atoms with E-state index < -0.39 is 17.4 Å². The molecule has 1 aliphatic rings. The van der Waals surface area contributed by atoms with Crippen molar-refractivity contribution in [2.75, 3.05) is 13.1 Å². The molecule has 0 radical (unpaired) electrons. The van der Waals surface area contributed by atoms with Crippen LogP contribution in [0.4, 0.5) is 0 Å². The number of rotatable bonds is 3. The lowest BCUT2D eigenvalue weighted by molar-refractivity contribution is -0.134. The number of amides is 2. The first-order valence-electron chi connectivity index (χ1n) is 7.79. The Labute approximate surface area is 141 Å². The number of carbonyl (C=O) groups excluding carboxylic acids is 2. The Hall–Kier alpha value is -1.75. The first-order valence-corrected chi connectivity index (χ1v) is 8.16. The number of phenolic OH excluding ortho intramolecular Hbond substituents is 1. The van der Waals surface area contributed by atoms with Gasteiger partial charge in [0.25, 0.3) is 5.91 Å². The van der Waals surface area contributed by atoms with Gasteiger partial charge in [-0.05, 0) is 30.4 Å². The van der Waals surface area contributed by atoms with Gasteiger partial charge in [-0.25, -0.2) is 0 Å². The van der Waals surface area contributed by atoms with E-state index in [9.17, 15) is 14.7 Å². The van der Waals surface area contributed by atoms with E-state index in [4.69, 9.17) is 11.6 Å². The molecule has 6 heteroatoms. The highest BCUT2D eigenvalue weighted by Crippen LogP contribution is 2.28. The molecule has 1 saturated heterocycles. The predicted molar refractivity (Wildman–Crippen MR) is 89.6 cm³/mol. The Morgan fingerprint density at radius 3 is 2.43 bits per heavy atom. The molecule has 0 saturated carbocycles. The first-order chi connectivity index (χ1) is 10.7. The molecule has 126 valence electrons. The van der Waals surface area contributed by atoms with E-state index in [1.165, 1.54) is 12.1 Å². The minimum atomic E-state index is -0.647. The van der Waals surface area contributed by atoms with Gasteiger partial charge >= 0.3 is 0 Å². The van der Waals surface area contributed by atoms with Crippen LogP contribution in [-0.4, -0.2) is 41.0 Å². The topological polar surface area (TPSA) is 69.6 Å². The number of aromatic hydroxyl groups is 1. The summed E-state index contributed by atoms with van der Waals surface area (Å²) < 4.78 is 0. The van der Waals surface area contributed by atoms with E-state index in [0.29, 0.717) is 0 Å². The molecule has 0 unspecified atom stereocenters. The summed E-state index contributed by atoms with van der Waals surface area (Å²) in [5, 5.41) is 12.4. The maximum atomic E-state index is 12.7. The van der Waals surface area contributed by atoms with Gasteiger partial charge in [0.2, 0.25) is 5.91 Å². The Morgan fingerprint density at radius 1 is 1.26 bits per heavy atom. The zero-order chi connectivity index (χ0) is 17.2. The number of halogens is 1. The molecule has 1 aromatic carbocycles. The van der Waals surface area contributed by atoms with Gasteiger partial charge in [0, 0.05) is 13.1 Å². The van der Waals surface area contributed by atoms with Crippen LogP contribution >= 0.6 is 11.6 Å². The molecule has 23 heavy (non-hydrogen) atoms. The van der Waals surface area contributed by atoms with Gasteiger partial charge in [-0.3, -0.25) is 9.59 Å². The second-order valence-electron chi connectivity index (χ2n) is 6.94. The van der Waals surface area contributed by atoms with Crippen LogP contribution in [0.2, 0.25) is 5.02 Å². The van der Waals surface area contributed by atoms with Crippen molar-refractivity contribution < 1.29 is 14.7 Å². The molecular formula is C17H23ClN2O3. The number of carbonyl (C=O) groups is 2. The number of phenols is 1. The van der Waals surface area contributed by atoms with Crippen LogP contribution in [0.15, 0.2) is 18.2 Å². The summed E-state index contributed by atoms with van der Waals surface area (Å²) in [7, 11) is 0. The number of nitrogens with zero attached hydrogens (tertiary/aromatic N) is 1. The highest BCUT2D eigenvalue weighted by molar-refractivity contribution is 6.35. The van der Waals surface area contributed by atoms with Crippen LogP contribution in [0.5, 0.6) is 5.75 Å². The normalized spacial score (nSPS) is 16.3. The molecule has 2 N–H and O–H groups in total. The van der Waals surface area contributed by atoms with Crippen LogP contribution in [0.25, 0.3) is 0 Å². The van der Waals surface area contributed by atoms with Crippen LogP contribution in [-0.2, 0) is 4.79 Å². The summed E-state index contributed by atoms with van der Waals surface area (Å²) >= 11 is 5.99. The molecule has 1 aromatic rings. The predicted octanol–water partition coefficient (Wildman–Crippen LogP) is 2.81. The minimum Gasteiger partial charge on any atom is -0.506 e. The van der Waals surface area contributed by atoms with Crippen molar-refractivity contribution in [2.45, 2.75) is 39.7 Å². The van der Waals surface area contributed by atoms with Crippen molar-refractivity contribution >= 4 is 23.4 Å². The molecule has 2 rings (SSSR count). The van der Waals surface area contributed by atoms with Crippen molar-refractivity contribution in [3.8, 4) is 5.75 Å². The van der Waals surface area contributed by atoms with Crippen LogP contribution in [0.3, 0.4) is 0 Å². The summed E-state index contributed by atoms with van der Waals surface area (Å²) in [6, 6.07) is 3.84. The van der Waals surface area contributed by atoms with Crippen molar-refractivity contribution in [1.82, 2.24) is 10.2 Å². The van der Waals surface area contributed by atoms with Gasteiger partial charge in [0.1, 0.15) is 11.8 Å². The van der Waals surface area contributed by atoms with Crippen molar-refractivity contribution in [3.63, 3.8) is 0 Å². The minimum absolute atomic E-state index is 0.00807. The standard InChI is InChI=1S/C17H23ClN2O3/c1-17(2,3)14(16(23)20-9-4-5-10-20)19-15(22)11-7-6-8-12(21)13(11)18/h6-8,14,21H,4-5,9-10H2,1-3H3,(H,19,22)/t14-/m1/s1. The summed E-state index contributed by atoms with van der Waals surface area (Å²) in [6.45, 7) is 7.20. The molecule has 0 aliphatic carbocycles. The number of likely N-dealkylation sites (tertiary alicyclic amines) is 1. The Morgan fingerprint density at radius 2 is 1.87 bits per heavy atom. The lowest BCUT2D eigenvalue weighted by Gasteiger charge is -2.33. The molecule has 1 atom stereocenters. The summed E-state index contributed by atoms with van der Waals surface area (Å²) in [4.78, 5) is 27.0. The molecule has 0 bridgehead atoms. The Kier molecular flexibility index (Phi) is 5.19. The molecule has 0 aromatic heterocycles. The number of benzene rings is 1. The van der Waals surface area contributed by atoms with Gasteiger partial charge in [0.15, 0.2) is 0 Å². The van der Waals surface area contributed by atoms with Crippen molar-refractivity contribution in [1.29, 1.82) is 0 Å². The highest BCUT2D eigenvalue weighted by Gasteiger charge is 2.36. The zero-order valence-electron chi connectivity index (χ0n) is 13.7. The SMILES string of the molecule is CC(C)(C)[C@H](NC(=O)c1cccc(O)c1Cl)C(=O)N1CCCC1. The van der Waals surface area contributed by atoms with E-state index in [1.54, 1.807) is 11.0 Å². The van der Waals surface area contributed by atoms with Gasteiger partial charge in [-0.15, -0.1) is 0 Å². The third kappa shape index (κ3) is 3.96. The van der Waals surface area contributed by atoms with Crippen molar-refractivity contribution in [2.24, 2.45) is 5.41 Å². The second-order valence-corrected chi connectivity index (χ2v) is 7.32. The molecule has 5 nitrogen and oxygen atoms in total. The second kappa shape index (κ2) is 6.79. The number of hydrogen-bond donors (Lipinski definition) is 2. The summed E-state index contributed by atoms with van der Waals surface area (Å²) in [5.41, 5.74) is -0.270. The lowest BCUT2D eigenvalue weighted by Crippen LogP contribution is -2.54. The Balaban J connectivity index is 2.22. The molecular weight excluding hydrogens is 316 g/mol. The average molecular weight is 339 g/mol. The molecule has 1 aliphatic heterocycles. The van der Waals surface area contributed by atoms with Gasteiger partial charge in [0.05, 0.1) is 10.6 Å². The van der Waals surface area contributed by atoms with Crippen molar-refractivity contribution in [3.05, 3.63) is 28.8 Å². The molecule has 0 spiro atoms. The summed E-state index contributed by atoms with van der Waals surface area (Å²) in [5.74, 6) is -0.685. The largest absolute Gasteiger partial charge is 0.506 e. The Bertz CT molecular complexity index is 604. The maximum Gasteiger partial charge on any atom is 0.253 e. The van der Waals surface area contributed by atoms with E-state index >= 15 is 0 Å². The quantitative estimate of drug-likeness (QED) is 0.890. The van der Waals surface area contributed by atoms with Crippen LogP contribution in [0, 0.1) is 5.41 Å². The number of nitrogens with one attached hydrogen (secondary N) is 1. The van der Waals surface area contributed by atoms with Crippen LogP contribution in [0.1, 0.15) is 44.0 Å². The van der Waals surface area contributed by atoms with E-state index in [0.717, 1.165) is 25.9 Å². The average Bonchev–Trinajstić information content (AvgIpc) is 2.99. The van der Waals surface area contributed by atoms with E-state index in [-0.39, 0.29) is 22.2 Å². The van der Waals surface area contributed by atoms with E-state index in [2.05, 4.69) is 5.32 Å². The first kappa shape index (κ1) is 17.6. The zero-order valence-corrected chi connectivity index (χ0v) is 14.5. The molecule has 1 fully saturated rings. The highest BCUT2D eigenvalue weighted by atomic mass is 35.5.